The Balaban J connectivity index is 1.72. The van der Waals surface area contributed by atoms with E-state index in [1.807, 2.05) is 0 Å². The first kappa shape index (κ1) is 8.64. The minimum atomic E-state index is 0.876. The standard InChI is InChI=1S/C10H17NS/c12-6-2-1-5-11-7-9-3-4-10(9)8-11/h1-2,9-10,12H,3-8H2/b2-1+. The van der Waals surface area contributed by atoms with Crippen molar-refractivity contribution in [3.63, 3.8) is 0 Å². The van der Waals surface area contributed by atoms with E-state index < -0.39 is 0 Å². The van der Waals surface area contributed by atoms with Crippen molar-refractivity contribution in [2.45, 2.75) is 12.8 Å². The van der Waals surface area contributed by atoms with Crippen LogP contribution in [0.15, 0.2) is 12.2 Å². The topological polar surface area (TPSA) is 3.24 Å². The Morgan fingerprint density at radius 3 is 2.33 bits per heavy atom. The van der Waals surface area contributed by atoms with E-state index in [1.165, 1.54) is 25.9 Å². The Labute approximate surface area is 80.2 Å². The highest BCUT2D eigenvalue weighted by Crippen LogP contribution is 2.40. The minimum Gasteiger partial charge on any atom is -0.299 e. The number of hydrogen-bond donors (Lipinski definition) is 1. The van der Waals surface area contributed by atoms with Gasteiger partial charge in [0.2, 0.25) is 0 Å². The zero-order valence-corrected chi connectivity index (χ0v) is 8.34. The maximum Gasteiger partial charge on any atom is 0.0163 e. The van der Waals surface area contributed by atoms with Crippen molar-refractivity contribution in [2.75, 3.05) is 25.4 Å². The molecule has 0 aromatic heterocycles. The first-order valence-electron chi connectivity index (χ1n) is 4.88. The quantitative estimate of drug-likeness (QED) is 0.516. The largest absolute Gasteiger partial charge is 0.299 e. The Bertz CT molecular complexity index is 167. The van der Waals surface area contributed by atoms with Gasteiger partial charge < -0.3 is 0 Å². The Hall–Kier alpha value is 0.0500. The molecule has 0 bridgehead atoms. The number of fused-ring (bicyclic) bond motifs is 1. The van der Waals surface area contributed by atoms with Crippen LogP contribution >= 0.6 is 12.6 Å². The van der Waals surface area contributed by atoms with Crippen molar-refractivity contribution >= 4 is 12.6 Å². The van der Waals surface area contributed by atoms with Crippen molar-refractivity contribution in [1.29, 1.82) is 0 Å². The van der Waals surface area contributed by atoms with Gasteiger partial charge in [-0.3, -0.25) is 4.90 Å². The normalized spacial score (nSPS) is 35.4. The van der Waals surface area contributed by atoms with Crippen molar-refractivity contribution in [1.82, 2.24) is 4.90 Å². The third-order valence-electron chi connectivity index (χ3n) is 3.20. The number of thiol groups is 1. The van der Waals surface area contributed by atoms with Crippen LogP contribution in [0.2, 0.25) is 0 Å². The van der Waals surface area contributed by atoms with E-state index in [4.69, 9.17) is 0 Å². The van der Waals surface area contributed by atoms with Gasteiger partial charge in [-0.1, -0.05) is 12.2 Å². The van der Waals surface area contributed by atoms with Crippen molar-refractivity contribution < 1.29 is 0 Å². The predicted octanol–water partition coefficient (Wildman–Crippen LogP) is 1.81. The molecule has 12 heavy (non-hydrogen) atoms. The molecule has 0 N–H and O–H groups in total. The number of rotatable bonds is 3. The smallest absolute Gasteiger partial charge is 0.0163 e. The lowest BCUT2D eigenvalue weighted by Crippen LogP contribution is -2.22. The molecule has 2 fully saturated rings. The van der Waals surface area contributed by atoms with Gasteiger partial charge in [0.25, 0.3) is 0 Å². The molecule has 0 radical (unpaired) electrons. The summed E-state index contributed by atoms with van der Waals surface area (Å²) in [7, 11) is 0. The fourth-order valence-corrected chi connectivity index (χ4v) is 2.45. The van der Waals surface area contributed by atoms with Crippen LogP contribution in [0, 0.1) is 11.8 Å². The van der Waals surface area contributed by atoms with E-state index in [-0.39, 0.29) is 0 Å². The van der Waals surface area contributed by atoms with E-state index in [9.17, 15) is 0 Å². The Morgan fingerprint density at radius 2 is 1.83 bits per heavy atom. The second-order valence-electron chi connectivity index (χ2n) is 3.97. The lowest BCUT2D eigenvalue weighted by molar-refractivity contribution is 0.243. The van der Waals surface area contributed by atoms with Crippen molar-refractivity contribution in [3.8, 4) is 0 Å². The summed E-state index contributed by atoms with van der Waals surface area (Å²) >= 11 is 4.14. The molecule has 1 saturated heterocycles. The van der Waals surface area contributed by atoms with Gasteiger partial charge >= 0.3 is 0 Å². The molecule has 0 spiro atoms. The van der Waals surface area contributed by atoms with Gasteiger partial charge in [0.05, 0.1) is 0 Å². The van der Waals surface area contributed by atoms with Crippen LogP contribution in [0.25, 0.3) is 0 Å². The van der Waals surface area contributed by atoms with Gasteiger partial charge in [-0.05, 0) is 24.7 Å². The van der Waals surface area contributed by atoms with Gasteiger partial charge in [-0.25, -0.2) is 0 Å². The van der Waals surface area contributed by atoms with Crippen LogP contribution in [0.5, 0.6) is 0 Å². The van der Waals surface area contributed by atoms with Gasteiger partial charge in [0.15, 0.2) is 0 Å². The number of hydrogen-bond acceptors (Lipinski definition) is 2. The maximum atomic E-state index is 4.14. The molecule has 2 atom stereocenters. The molecule has 1 saturated carbocycles. The molecular formula is C10H17NS. The zero-order chi connectivity index (χ0) is 8.39. The first-order chi connectivity index (χ1) is 5.90. The number of likely N-dealkylation sites (tertiary alicyclic amines) is 1. The SMILES string of the molecule is SC/C=C/CN1CC2CCC2C1. The molecule has 2 rings (SSSR count). The Morgan fingerprint density at radius 1 is 1.17 bits per heavy atom. The monoisotopic (exact) mass is 183 g/mol. The van der Waals surface area contributed by atoms with E-state index in [1.54, 1.807) is 0 Å². The van der Waals surface area contributed by atoms with Crippen molar-refractivity contribution in [3.05, 3.63) is 12.2 Å². The summed E-state index contributed by atoms with van der Waals surface area (Å²) in [5, 5.41) is 0. The summed E-state index contributed by atoms with van der Waals surface area (Å²) in [5.41, 5.74) is 0. The van der Waals surface area contributed by atoms with Crippen LogP contribution in [-0.4, -0.2) is 30.3 Å². The average Bonchev–Trinajstić information content (AvgIpc) is 2.31. The highest BCUT2D eigenvalue weighted by atomic mass is 32.1. The van der Waals surface area contributed by atoms with E-state index in [2.05, 4.69) is 29.7 Å². The van der Waals surface area contributed by atoms with Crippen LogP contribution in [0.3, 0.4) is 0 Å². The first-order valence-corrected chi connectivity index (χ1v) is 5.51. The van der Waals surface area contributed by atoms with Crippen LogP contribution in [0.4, 0.5) is 0 Å². The van der Waals surface area contributed by atoms with Gasteiger partial charge in [0.1, 0.15) is 0 Å². The number of nitrogens with zero attached hydrogens (tertiary/aromatic N) is 1. The Kier molecular flexibility index (Phi) is 2.76. The lowest BCUT2D eigenvalue weighted by atomic mass is 9.77. The summed E-state index contributed by atoms with van der Waals surface area (Å²) < 4.78 is 0. The van der Waals surface area contributed by atoms with Crippen LogP contribution < -0.4 is 0 Å². The molecule has 2 aliphatic rings. The summed E-state index contributed by atoms with van der Waals surface area (Å²) in [4.78, 5) is 2.57. The molecule has 0 aromatic rings. The third kappa shape index (κ3) is 1.69. The summed E-state index contributed by atoms with van der Waals surface area (Å²) in [5.74, 6) is 2.98. The molecule has 1 heterocycles. The predicted molar refractivity (Wildman–Crippen MR) is 55.6 cm³/mol. The minimum absolute atomic E-state index is 0.876. The highest BCUT2D eigenvalue weighted by molar-refractivity contribution is 7.80. The molecular weight excluding hydrogens is 166 g/mol. The summed E-state index contributed by atoms with van der Waals surface area (Å²) in [6.07, 6.45) is 7.36. The van der Waals surface area contributed by atoms with Crippen LogP contribution in [0.1, 0.15) is 12.8 Å². The summed E-state index contributed by atoms with van der Waals surface area (Å²) in [6, 6.07) is 0. The molecule has 0 aromatic carbocycles. The second-order valence-corrected chi connectivity index (χ2v) is 4.34. The molecule has 68 valence electrons. The van der Waals surface area contributed by atoms with E-state index >= 15 is 0 Å². The van der Waals surface area contributed by atoms with Gasteiger partial charge in [-0.15, -0.1) is 0 Å². The fourth-order valence-electron chi connectivity index (χ4n) is 2.30. The van der Waals surface area contributed by atoms with Gasteiger partial charge in [0, 0.05) is 25.4 Å². The maximum absolute atomic E-state index is 4.14. The molecule has 2 unspecified atom stereocenters. The van der Waals surface area contributed by atoms with E-state index in [0.29, 0.717) is 0 Å². The fraction of sp³-hybridized carbons (Fsp3) is 0.800. The van der Waals surface area contributed by atoms with E-state index in [0.717, 1.165) is 24.1 Å². The van der Waals surface area contributed by atoms with Gasteiger partial charge in [-0.2, -0.15) is 12.6 Å². The highest BCUT2D eigenvalue weighted by Gasteiger charge is 2.38. The molecule has 2 heteroatoms. The molecule has 1 nitrogen and oxygen atoms in total. The molecule has 1 aliphatic heterocycles. The zero-order valence-electron chi connectivity index (χ0n) is 7.45. The van der Waals surface area contributed by atoms with Crippen molar-refractivity contribution in [2.24, 2.45) is 11.8 Å². The second kappa shape index (κ2) is 3.84. The third-order valence-corrected chi connectivity index (χ3v) is 3.41. The molecule has 0 amide bonds. The lowest BCUT2D eigenvalue weighted by Gasteiger charge is -2.28. The molecule has 1 aliphatic carbocycles. The average molecular weight is 183 g/mol. The van der Waals surface area contributed by atoms with Crippen LogP contribution in [-0.2, 0) is 0 Å². The summed E-state index contributed by atoms with van der Waals surface area (Å²) in [6.45, 7) is 3.84.